The summed E-state index contributed by atoms with van der Waals surface area (Å²) in [4.78, 5) is 24.8. The Morgan fingerprint density at radius 2 is 1.76 bits per heavy atom. The van der Waals surface area contributed by atoms with Gasteiger partial charge in [0.25, 0.3) is 0 Å². The molecule has 0 radical (unpaired) electrons. The highest BCUT2D eigenvalue weighted by Gasteiger charge is 2.32. The third-order valence-electron chi connectivity index (χ3n) is 3.35. The molecular weight excluding hydrogens is 218 g/mol. The lowest BCUT2D eigenvalue weighted by Gasteiger charge is -2.28. The van der Waals surface area contributed by atoms with E-state index in [0.29, 0.717) is 32.4 Å². The number of hydrogen-bond acceptors (Lipinski definition) is 3. The summed E-state index contributed by atoms with van der Waals surface area (Å²) in [5, 5.41) is 2.80. The van der Waals surface area contributed by atoms with E-state index in [9.17, 15) is 9.59 Å². The third-order valence-corrected chi connectivity index (χ3v) is 3.35. The highest BCUT2D eigenvalue weighted by atomic mass is 16.2. The van der Waals surface area contributed by atoms with E-state index < -0.39 is 5.41 Å². The van der Waals surface area contributed by atoms with Gasteiger partial charge in [-0.05, 0) is 12.8 Å². The van der Waals surface area contributed by atoms with Crippen molar-refractivity contribution in [1.29, 1.82) is 0 Å². The second-order valence-corrected chi connectivity index (χ2v) is 4.49. The van der Waals surface area contributed by atoms with E-state index in [1.807, 2.05) is 13.8 Å². The van der Waals surface area contributed by atoms with Crippen LogP contribution in [0, 0.1) is 5.41 Å². The van der Waals surface area contributed by atoms with Crippen LogP contribution in [0.5, 0.6) is 0 Å². The number of nitrogens with one attached hydrogen (secondary N) is 1. The Labute approximate surface area is 104 Å². The molecule has 0 rings (SSSR count). The van der Waals surface area contributed by atoms with Gasteiger partial charge >= 0.3 is 0 Å². The maximum atomic E-state index is 12.0. The van der Waals surface area contributed by atoms with Crippen LogP contribution in [0.4, 0.5) is 0 Å². The van der Waals surface area contributed by atoms with Crippen LogP contribution in [-0.2, 0) is 9.59 Å². The quantitative estimate of drug-likeness (QED) is 0.677. The molecule has 0 aromatic rings. The Bertz CT molecular complexity index is 252. The van der Waals surface area contributed by atoms with Crippen LogP contribution in [0.15, 0.2) is 0 Å². The Morgan fingerprint density at radius 1 is 1.24 bits per heavy atom. The molecule has 0 saturated heterocycles. The lowest BCUT2D eigenvalue weighted by molar-refractivity contribution is -0.131. The molecule has 5 nitrogen and oxygen atoms in total. The molecule has 5 heteroatoms. The number of rotatable bonds is 7. The van der Waals surface area contributed by atoms with Gasteiger partial charge in [0.05, 0.1) is 5.41 Å². The Hall–Kier alpha value is -1.10. The molecule has 2 amide bonds. The van der Waals surface area contributed by atoms with Crippen molar-refractivity contribution in [2.75, 3.05) is 27.2 Å². The van der Waals surface area contributed by atoms with E-state index in [1.165, 1.54) is 4.90 Å². The Balaban J connectivity index is 4.21. The van der Waals surface area contributed by atoms with E-state index in [1.54, 1.807) is 14.1 Å². The van der Waals surface area contributed by atoms with Gasteiger partial charge in [-0.25, -0.2) is 0 Å². The van der Waals surface area contributed by atoms with E-state index in [4.69, 9.17) is 5.73 Å². The molecule has 0 aromatic carbocycles. The van der Waals surface area contributed by atoms with E-state index in [2.05, 4.69) is 5.32 Å². The van der Waals surface area contributed by atoms with Crippen molar-refractivity contribution in [2.24, 2.45) is 11.1 Å². The average molecular weight is 243 g/mol. The molecule has 0 aliphatic heterocycles. The molecule has 17 heavy (non-hydrogen) atoms. The zero-order valence-electron chi connectivity index (χ0n) is 11.4. The van der Waals surface area contributed by atoms with Crippen LogP contribution in [-0.4, -0.2) is 43.9 Å². The maximum Gasteiger partial charge on any atom is 0.227 e. The molecule has 0 fully saturated rings. The second kappa shape index (κ2) is 7.27. The second-order valence-electron chi connectivity index (χ2n) is 4.49. The molecule has 0 aromatic heterocycles. The topological polar surface area (TPSA) is 75.4 Å². The molecule has 100 valence electrons. The fraction of sp³-hybridized carbons (Fsp3) is 0.833. The van der Waals surface area contributed by atoms with E-state index in [0.717, 1.165) is 0 Å². The molecule has 0 heterocycles. The van der Waals surface area contributed by atoms with Crippen LogP contribution >= 0.6 is 0 Å². The summed E-state index contributed by atoms with van der Waals surface area (Å²) in [7, 11) is 3.40. The van der Waals surface area contributed by atoms with Crippen molar-refractivity contribution in [2.45, 2.75) is 33.1 Å². The SMILES string of the molecule is CCC(CC)(CN)C(=O)NCCC(=O)N(C)C. The number of hydrogen-bond donors (Lipinski definition) is 2. The van der Waals surface area contributed by atoms with Gasteiger partial charge in [-0.15, -0.1) is 0 Å². The fourth-order valence-electron chi connectivity index (χ4n) is 1.65. The zero-order valence-corrected chi connectivity index (χ0v) is 11.4. The molecule has 0 bridgehead atoms. The molecule has 0 atom stereocenters. The number of carbonyl (C=O) groups excluding carboxylic acids is 2. The molecule has 3 N–H and O–H groups in total. The van der Waals surface area contributed by atoms with Crippen LogP contribution in [0.1, 0.15) is 33.1 Å². The summed E-state index contributed by atoms with van der Waals surface area (Å²) in [6.45, 7) is 4.63. The molecule has 0 saturated carbocycles. The first-order valence-corrected chi connectivity index (χ1v) is 6.12. The third kappa shape index (κ3) is 4.34. The van der Waals surface area contributed by atoms with Gasteiger partial charge in [-0.2, -0.15) is 0 Å². The average Bonchev–Trinajstić information content (AvgIpc) is 2.31. The largest absolute Gasteiger partial charge is 0.355 e. The highest BCUT2D eigenvalue weighted by Crippen LogP contribution is 2.24. The number of nitrogens with zero attached hydrogens (tertiary/aromatic N) is 1. The lowest BCUT2D eigenvalue weighted by Crippen LogP contribution is -2.46. The number of amides is 2. The zero-order chi connectivity index (χ0) is 13.5. The van der Waals surface area contributed by atoms with Crippen LogP contribution < -0.4 is 11.1 Å². The van der Waals surface area contributed by atoms with Crippen molar-refractivity contribution in [1.82, 2.24) is 10.2 Å². The van der Waals surface area contributed by atoms with Crippen molar-refractivity contribution < 1.29 is 9.59 Å². The number of carbonyl (C=O) groups is 2. The summed E-state index contributed by atoms with van der Waals surface area (Å²) in [5.74, 6) is -0.0341. The normalized spacial score (nSPS) is 11.1. The summed E-state index contributed by atoms with van der Waals surface area (Å²) in [6.07, 6.45) is 1.76. The summed E-state index contributed by atoms with van der Waals surface area (Å²) in [6, 6.07) is 0. The minimum atomic E-state index is -0.485. The minimum Gasteiger partial charge on any atom is -0.355 e. The smallest absolute Gasteiger partial charge is 0.227 e. The molecule has 0 aliphatic rings. The standard InChI is InChI=1S/C12H25N3O2/c1-5-12(6-2,9-13)11(17)14-8-7-10(16)15(3)4/h5-9,13H2,1-4H3,(H,14,17). The molecule has 0 spiro atoms. The first-order valence-electron chi connectivity index (χ1n) is 6.12. The van der Waals surface area contributed by atoms with Crippen molar-refractivity contribution in [3.05, 3.63) is 0 Å². The van der Waals surface area contributed by atoms with Crippen LogP contribution in [0.3, 0.4) is 0 Å². The summed E-state index contributed by atoms with van der Waals surface area (Å²) < 4.78 is 0. The molecular formula is C12H25N3O2. The van der Waals surface area contributed by atoms with Crippen molar-refractivity contribution in [3.63, 3.8) is 0 Å². The number of nitrogens with two attached hydrogens (primary N) is 1. The van der Waals surface area contributed by atoms with Crippen LogP contribution in [0.2, 0.25) is 0 Å². The molecule has 0 unspecified atom stereocenters. The van der Waals surface area contributed by atoms with Gasteiger partial charge in [0.1, 0.15) is 0 Å². The summed E-state index contributed by atoms with van der Waals surface area (Å²) in [5.41, 5.74) is 5.19. The Morgan fingerprint density at radius 3 is 2.12 bits per heavy atom. The highest BCUT2D eigenvalue weighted by molar-refractivity contribution is 5.83. The molecule has 0 aliphatic carbocycles. The van der Waals surface area contributed by atoms with Gasteiger partial charge < -0.3 is 16.0 Å². The predicted molar refractivity (Wildman–Crippen MR) is 68.4 cm³/mol. The first-order chi connectivity index (χ1) is 7.93. The predicted octanol–water partition coefficient (Wildman–Crippen LogP) is 0.346. The van der Waals surface area contributed by atoms with Gasteiger partial charge in [-0.3, -0.25) is 9.59 Å². The van der Waals surface area contributed by atoms with Gasteiger partial charge in [0, 0.05) is 33.6 Å². The van der Waals surface area contributed by atoms with Gasteiger partial charge in [-0.1, -0.05) is 13.8 Å². The van der Waals surface area contributed by atoms with Crippen molar-refractivity contribution in [3.8, 4) is 0 Å². The monoisotopic (exact) mass is 243 g/mol. The van der Waals surface area contributed by atoms with Crippen molar-refractivity contribution >= 4 is 11.8 Å². The summed E-state index contributed by atoms with van der Waals surface area (Å²) >= 11 is 0. The van der Waals surface area contributed by atoms with E-state index in [-0.39, 0.29) is 11.8 Å². The fourth-order valence-corrected chi connectivity index (χ4v) is 1.65. The van der Waals surface area contributed by atoms with Gasteiger partial charge in [0.2, 0.25) is 11.8 Å². The first kappa shape index (κ1) is 15.9. The lowest BCUT2D eigenvalue weighted by atomic mass is 9.81. The minimum absolute atomic E-state index is 0.0108. The maximum absolute atomic E-state index is 12.0. The van der Waals surface area contributed by atoms with E-state index >= 15 is 0 Å². The van der Waals surface area contributed by atoms with Gasteiger partial charge in [0.15, 0.2) is 0 Å². The van der Waals surface area contributed by atoms with Crippen LogP contribution in [0.25, 0.3) is 0 Å². The Kier molecular flexibility index (Phi) is 6.80.